The number of carbonyl (C=O) groups is 4. The van der Waals surface area contributed by atoms with Crippen LogP contribution in [0.5, 0.6) is 0 Å². The molecule has 9 nitrogen and oxygen atoms in total. The van der Waals surface area contributed by atoms with Gasteiger partial charge in [-0.25, -0.2) is 4.79 Å². The lowest BCUT2D eigenvalue weighted by molar-refractivity contribution is -0.138. The lowest BCUT2D eigenvalue weighted by Crippen LogP contribution is -2.54. The van der Waals surface area contributed by atoms with Gasteiger partial charge in [0.25, 0.3) is 0 Å². The molecule has 2 atom stereocenters. The van der Waals surface area contributed by atoms with Gasteiger partial charge < -0.3 is 25.8 Å². The van der Waals surface area contributed by atoms with Crippen LogP contribution in [-0.4, -0.2) is 47.6 Å². The third kappa shape index (κ3) is 8.21. The molecule has 4 N–H and O–H groups in total. The predicted molar refractivity (Wildman–Crippen MR) is 96.6 cm³/mol. The van der Waals surface area contributed by atoms with Crippen LogP contribution in [0.15, 0.2) is 30.3 Å². The summed E-state index contributed by atoms with van der Waals surface area (Å²) in [4.78, 5) is 46.6. The normalized spacial score (nSPS) is 12.6. The highest BCUT2D eigenvalue weighted by Crippen LogP contribution is 2.05. The Morgan fingerprint density at radius 1 is 1.00 bits per heavy atom. The summed E-state index contributed by atoms with van der Waals surface area (Å²) >= 11 is 0. The maximum atomic E-state index is 12.4. The molecule has 0 aromatic heterocycles. The molecular weight excluding hydrogens is 354 g/mol. The van der Waals surface area contributed by atoms with Crippen molar-refractivity contribution in [2.45, 2.75) is 39.5 Å². The molecule has 9 heteroatoms. The fourth-order valence-electron chi connectivity index (χ4n) is 2.11. The van der Waals surface area contributed by atoms with Crippen molar-refractivity contribution in [2.75, 3.05) is 6.54 Å². The van der Waals surface area contributed by atoms with Crippen LogP contribution >= 0.6 is 0 Å². The standard InChI is InChI=1S/C18H25N3O6/c1-11(2)15(17(25)20-12(3)16(24)19-9-14(22)23)21-18(26)27-10-13-7-5-4-6-8-13/h4-8,11-12,15H,9-10H2,1-3H3,(H,19,24)(H,20,25)(H,21,26)(H,22,23)/t12-,15+/m0/s1. The van der Waals surface area contributed by atoms with Crippen molar-refractivity contribution >= 4 is 23.9 Å². The number of carboxylic acids is 1. The molecule has 1 aromatic carbocycles. The maximum absolute atomic E-state index is 12.4. The van der Waals surface area contributed by atoms with E-state index in [1.165, 1.54) is 6.92 Å². The average Bonchev–Trinajstić information content (AvgIpc) is 2.62. The largest absolute Gasteiger partial charge is 0.480 e. The zero-order valence-electron chi connectivity index (χ0n) is 15.5. The highest BCUT2D eigenvalue weighted by Gasteiger charge is 2.27. The number of hydrogen-bond acceptors (Lipinski definition) is 5. The summed E-state index contributed by atoms with van der Waals surface area (Å²) < 4.78 is 5.10. The number of alkyl carbamates (subject to hydrolysis) is 1. The molecule has 0 bridgehead atoms. The zero-order chi connectivity index (χ0) is 20.4. The van der Waals surface area contributed by atoms with Gasteiger partial charge in [-0.1, -0.05) is 44.2 Å². The SMILES string of the molecule is CC(C)[C@@H](NC(=O)OCc1ccccc1)C(=O)N[C@@H](C)C(=O)NCC(=O)O. The van der Waals surface area contributed by atoms with Crippen molar-refractivity contribution in [1.82, 2.24) is 16.0 Å². The van der Waals surface area contributed by atoms with Crippen molar-refractivity contribution in [3.05, 3.63) is 35.9 Å². The molecule has 148 valence electrons. The Morgan fingerprint density at radius 2 is 1.63 bits per heavy atom. The molecule has 1 rings (SSSR count). The van der Waals surface area contributed by atoms with Crippen LogP contribution in [0.4, 0.5) is 4.79 Å². The highest BCUT2D eigenvalue weighted by molar-refractivity contribution is 5.92. The maximum Gasteiger partial charge on any atom is 0.408 e. The van der Waals surface area contributed by atoms with E-state index in [-0.39, 0.29) is 12.5 Å². The van der Waals surface area contributed by atoms with E-state index < -0.39 is 42.5 Å². The first kappa shape index (κ1) is 21.9. The Morgan fingerprint density at radius 3 is 2.19 bits per heavy atom. The van der Waals surface area contributed by atoms with Gasteiger partial charge in [0.2, 0.25) is 11.8 Å². The van der Waals surface area contributed by atoms with Crippen LogP contribution in [0.2, 0.25) is 0 Å². The van der Waals surface area contributed by atoms with E-state index in [9.17, 15) is 19.2 Å². The molecule has 0 fully saturated rings. The number of rotatable bonds is 9. The Kier molecular flexibility index (Phi) is 8.77. The van der Waals surface area contributed by atoms with E-state index in [1.807, 2.05) is 18.2 Å². The Hall–Kier alpha value is -3.10. The van der Waals surface area contributed by atoms with Crippen LogP contribution in [0.3, 0.4) is 0 Å². The van der Waals surface area contributed by atoms with Crippen molar-refractivity contribution in [3.63, 3.8) is 0 Å². The van der Waals surface area contributed by atoms with Gasteiger partial charge in [-0.05, 0) is 18.4 Å². The topological polar surface area (TPSA) is 134 Å². The van der Waals surface area contributed by atoms with Gasteiger partial charge in [0.05, 0.1) is 0 Å². The number of amides is 3. The van der Waals surface area contributed by atoms with E-state index in [0.717, 1.165) is 5.56 Å². The second-order valence-corrected chi connectivity index (χ2v) is 6.27. The van der Waals surface area contributed by atoms with Crippen LogP contribution in [0.25, 0.3) is 0 Å². The molecule has 0 radical (unpaired) electrons. The molecule has 0 aliphatic carbocycles. The summed E-state index contributed by atoms with van der Waals surface area (Å²) in [5.41, 5.74) is 0.807. The lowest BCUT2D eigenvalue weighted by atomic mass is 10.0. The van der Waals surface area contributed by atoms with Crippen LogP contribution in [0, 0.1) is 5.92 Å². The number of ether oxygens (including phenoxy) is 1. The summed E-state index contributed by atoms with van der Waals surface area (Å²) in [5.74, 6) is -2.66. The van der Waals surface area contributed by atoms with Gasteiger partial charge in [-0.3, -0.25) is 14.4 Å². The first-order chi connectivity index (χ1) is 12.7. The molecule has 3 amide bonds. The number of nitrogens with one attached hydrogen (secondary N) is 3. The minimum atomic E-state index is -1.19. The second kappa shape index (κ2) is 10.8. The van der Waals surface area contributed by atoms with E-state index in [4.69, 9.17) is 9.84 Å². The smallest absolute Gasteiger partial charge is 0.408 e. The minimum absolute atomic E-state index is 0.0626. The van der Waals surface area contributed by atoms with Gasteiger partial charge in [-0.2, -0.15) is 0 Å². The summed E-state index contributed by atoms with van der Waals surface area (Å²) in [6.45, 7) is 4.40. The number of carbonyl (C=O) groups excluding carboxylic acids is 3. The summed E-state index contributed by atoms with van der Waals surface area (Å²) in [6, 6.07) is 7.21. The van der Waals surface area contributed by atoms with Gasteiger partial charge in [0.15, 0.2) is 0 Å². The molecule has 0 aliphatic rings. The monoisotopic (exact) mass is 379 g/mol. The molecule has 27 heavy (non-hydrogen) atoms. The molecular formula is C18H25N3O6. The molecule has 0 spiro atoms. The predicted octanol–water partition coefficient (Wildman–Crippen LogP) is 0.643. The van der Waals surface area contributed by atoms with Crippen molar-refractivity contribution in [1.29, 1.82) is 0 Å². The van der Waals surface area contributed by atoms with Gasteiger partial charge in [-0.15, -0.1) is 0 Å². The summed E-state index contributed by atoms with van der Waals surface area (Å²) in [6.07, 6.45) is -0.754. The minimum Gasteiger partial charge on any atom is -0.480 e. The molecule has 0 aliphatic heterocycles. The van der Waals surface area contributed by atoms with Crippen LogP contribution in [0.1, 0.15) is 26.3 Å². The molecule has 0 saturated heterocycles. The fraction of sp³-hybridized carbons (Fsp3) is 0.444. The number of carboxylic acid groups (broad SMARTS) is 1. The van der Waals surface area contributed by atoms with Crippen molar-refractivity contribution < 1.29 is 29.0 Å². The quantitative estimate of drug-likeness (QED) is 0.498. The molecule has 0 heterocycles. The number of hydrogen-bond donors (Lipinski definition) is 4. The van der Waals surface area contributed by atoms with E-state index in [1.54, 1.807) is 26.0 Å². The number of aliphatic carboxylic acids is 1. The van der Waals surface area contributed by atoms with Crippen LogP contribution in [-0.2, 0) is 25.7 Å². The van der Waals surface area contributed by atoms with Gasteiger partial charge in [0.1, 0.15) is 25.2 Å². The van der Waals surface area contributed by atoms with Crippen molar-refractivity contribution in [3.8, 4) is 0 Å². The van der Waals surface area contributed by atoms with Crippen LogP contribution < -0.4 is 16.0 Å². The van der Waals surface area contributed by atoms with E-state index in [2.05, 4.69) is 16.0 Å². The van der Waals surface area contributed by atoms with Gasteiger partial charge in [0, 0.05) is 0 Å². The molecule has 0 unspecified atom stereocenters. The highest BCUT2D eigenvalue weighted by atomic mass is 16.5. The third-order valence-corrected chi connectivity index (χ3v) is 3.60. The summed E-state index contributed by atoms with van der Waals surface area (Å²) in [7, 11) is 0. The molecule has 0 saturated carbocycles. The third-order valence-electron chi connectivity index (χ3n) is 3.60. The Balaban J connectivity index is 2.55. The number of benzene rings is 1. The Bertz CT molecular complexity index is 662. The first-order valence-electron chi connectivity index (χ1n) is 8.47. The van der Waals surface area contributed by atoms with Gasteiger partial charge >= 0.3 is 12.1 Å². The first-order valence-corrected chi connectivity index (χ1v) is 8.47. The average molecular weight is 379 g/mol. The second-order valence-electron chi connectivity index (χ2n) is 6.27. The van der Waals surface area contributed by atoms with E-state index in [0.29, 0.717) is 0 Å². The Labute approximate surface area is 157 Å². The lowest BCUT2D eigenvalue weighted by Gasteiger charge is -2.23. The fourth-order valence-corrected chi connectivity index (χ4v) is 2.11. The van der Waals surface area contributed by atoms with E-state index >= 15 is 0 Å². The summed E-state index contributed by atoms with van der Waals surface area (Å²) in [5, 5.41) is 15.7. The molecule has 1 aromatic rings. The zero-order valence-corrected chi connectivity index (χ0v) is 15.5. The van der Waals surface area contributed by atoms with Crippen molar-refractivity contribution in [2.24, 2.45) is 5.92 Å².